The topological polar surface area (TPSA) is 28.2 Å². The van der Waals surface area contributed by atoms with Crippen molar-refractivity contribution in [3.05, 3.63) is 22.4 Å². The average molecular weight is 308 g/mol. The number of aryl methyl sites for hydroxylation is 1. The minimum atomic E-state index is 0.528. The molecule has 0 amide bonds. The second-order valence-corrected chi connectivity index (χ2v) is 5.48. The molecule has 2 rings (SSSR count). The molecule has 0 atom stereocenters. The predicted octanol–water partition coefficient (Wildman–Crippen LogP) is 2.66. The van der Waals surface area contributed by atoms with Crippen molar-refractivity contribution in [1.29, 1.82) is 0 Å². The van der Waals surface area contributed by atoms with E-state index in [2.05, 4.69) is 43.1 Å². The molecule has 1 aromatic rings. The highest BCUT2D eigenvalue weighted by atomic mass is 79.9. The van der Waals surface area contributed by atoms with Gasteiger partial charge in [0.1, 0.15) is 4.60 Å². The minimum Gasteiger partial charge on any atom is -0.381 e. The summed E-state index contributed by atoms with van der Waals surface area (Å²) in [5, 5.41) is 3.58. The van der Waals surface area contributed by atoms with Gasteiger partial charge in [-0.05, 0) is 47.8 Å². The van der Waals surface area contributed by atoms with Gasteiger partial charge >= 0.3 is 0 Å². The smallest absolute Gasteiger partial charge is 0.106 e. The van der Waals surface area contributed by atoms with E-state index in [0.717, 1.165) is 48.5 Å². The summed E-state index contributed by atoms with van der Waals surface area (Å²) in [7, 11) is 0. The highest BCUT2D eigenvalue weighted by Crippen LogP contribution is 2.20. The Morgan fingerprint density at radius 3 is 2.83 bits per heavy atom. The zero-order valence-corrected chi connectivity index (χ0v) is 12.2. The summed E-state index contributed by atoms with van der Waals surface area (Å²) in [4.78, 5) is 6.72. The fourth-order valence-electron chi connectivity index (χ4n) is 2.27. The van der Waals surface area contributed by atoms with Gasteiger partial charge in [-0.25, -0.2) is 4.98 Å². The molecule has 1 aliphatic rings. The number of piperidine rings is 1. The Labute approximate surface area is 117 Å². The van der Waals surface area contributed by atoms with Crippen LogP contribution in [0.25, 0.3) is 0 Å². The Balaban J connectivity index is 1.90. The van der Waals surface area contributed by atoms with Crippen molar-refractivity contribution in [2.24, 2.45) is 0 Å². The summed E-state index contributed by atoms with van der Waals surface area (Å²) in [6, 6.07) is 4.59. The number of nitrogens with one attached hydrogen (secondary N) is 1. The molecule has 96 valence electrons. The molecule has 0 aromatic carbocycles. The van der Waals surface area contributed by atoms with Gasteiger partial charge in [0.25, 0.3) is 0 Å². The number of terminal acetylenes is 1. The van der Waals surface area contributed by atoms with Gasteiger partial charge in [-0.15, -0.1) is 6.42 Å². The predicted molar refractivity (Wildman–Crippen MR) is 78.6 cm³/mol. The summed E-state index contributed by atoms with van der Waals surface area (Å²) in [5.41, 5.74) is 2.17. The van der Waals surface area contributed by atoms with Crippen LogP contribution in [0, 0.1) is 19.3 Å². The summed E-state index contributed by atoms with van der Waals surface area (Å²) < 4.78 is 0.884. The van der Waals surface area contributed by atoms with E-state index in [4.69, 9.17) is 6.42 Å². The van der Waals surface area contributed by atoms with Crippen molar-refractivity contribution < 1.29 is 0 Å². The van der Waals surface area contributed by atoms with Crippen LogP contribution in [0.5, 0.6) is 0 Å². The molecule has 3 nitrogen and oxygen atoms in total. The highest BCUT2D eigenvalue weighted by Gasteiger charge is 2.18. The molecule has 0 spiro atoms. The van der Waals surface area contributed by atoms with E-state index in [0.29, 0.717) is 6.04 Å². The van der Waals surface area contributed by atoms with Gasteiger partial charge < -0.3 is 5.32 Å². The van der Waals surface area contributed by atoms with E-state index >= 15 is 0 Å². The van der Waals surface area contributed by atoms with Crippen LogP contribution in [-0.4, -0.2) is 35.6 Å². The standard InChI is InChI=1S/C14H18BrN3/c1-3-8-18-9-6-12(7-10-18)17-13-4-5-14(15)16-11(13)2/h1,4-5,12,17H,6-10H2,2H3. The van der Waals surface area contributed by atoms with Crippen LogP contribution in [0.1, 0.15) is 18.5 Å². The molecule has 0 unspecified atom stereocenters. The zero-order chi connectivity index (χ0) is 13.0. The van der Waals surface area contributed by atoms with Gasteiger partial charge in [-0.1, -0.05) is 5.92 Å². The van der Waals surface area contributed by atoms with Gasteiger partial charge in [0.15, 0.2) is 0 Å². The van der Waals surface area contributed by atoms with Crippen LogP contribution in [0.4, 0.5) is 5.69 Å². The first-order valence-corrected chi connectivity index (χ1v) is 7.04. The number of rotatable bonds is 3. The molecule has 1 saturated heterocycles. The molecular weight excluding hydrogens is 290 g/mol. The van der Waals surface area contributed by atoms with Gasteiger partial charge in [-0.3, -0.25) is 4.90 Å². The number of hydrogen-bond acceptors (Lipinski definition) is 3. The third-order valence-electron chi connectivity index (χ3n) is 3.31. The monoisotopic (exact) mass is 307 g/mol. The van der Waals surface area contributed by atoms with E-state index in [1.807, 2.05) is 13.0 Å². The second-order valence-electron chi connectivity index (χ2n) is 4.67. The summed E-state index contributed by atoms with van der Waals surface area (Å²) in [6.07, 6.45) is 7.60. The maximum atomic E-state index is 5.33. The lowest BCUT2D eigenvalue weighted by molar-refractivity contribution is 0.243. The zero-order valence-electron chi connectivity index (χ0n) is 10.6. The summed E-state index contributed by atoms with van der Waals surface area (Å²) in [5.74, 6) is 2.71. The van der Waals surface area contributed by atoms with Crippen LogP contribution in [0.3, 0.4) is 0 Å². The average Bonchev–Trinajstić information content (AvgIpc) is 2.35. The molecule has 4 heteroatoms. The molecule has 1 N–H and O–H groups in total. The molecule has 1 aliphatic heterocycles. The molecule has 0 bridgehead atoms. The van der Waals surface area contributed by atoms with Crippen molar-refractivity contribution in [1.82, 2.24) is 9.88 Å². The van der Waals surface area contributed by atoms with Crippen molar-refractivity contribution >= 4 is 21.6 Å². The van der Waals surface area contributed by atoms with E-state index in [1.54, 1.807) is 0 Å². The van der Waals surface area contributed by atoms with Gasteiger partial charge in [0.2, 0.25) is 0 Å². The molecular formula is C14H18BrN3. The number of halogens is 1. The van der Waals surface area contributed by atoms with E-state index in [9.17, 15) is 0 Å². The van der Waals surface area contributed by atoms with Crippen molar-refractivity contribution in [2.45, 2.75) is 25.8 Å². The minimum absolute atomic E-state index is 0.528. The lowest BCUT2D eigenvalue weighted by atomic mass is 10.0. The quantitative estimate of drug-likeness (QED) is 0.687. The third kappa shape index (κ3) is 3.47. The Hall–Kier alpha value is -1.05. The number of likely N-dealkylation sites (tertiary alicyclic amines) is 1. The number of nitrogens with zero attached hydrogens (tertiary/aromatic N) is 2. The maximum Gasteiger partial charge on any atom is 0.106 e. The number of hydrogen-bond donors (Lipinski definition) is 1. The fourth-order valence-corrected chi connectivity index (χ4v) is 2.67. The fraction of sp³-hybridized carbons (Fsp3) is 0.500. The summed E-state index contributed by atoms with van der Waals surface area (Å²) >= 11 is 3.38. The Kier molecular flexibility index (Phi) is 4.62. The first-order valence-electron chi connectivity index (χ1n) is 6.24. The van der Waals surface area contributed by atoms with Crippen LogP contribution in [0.15, 0.2) is 16.7 Å². The molecule has 18 heavy (non-hydrogen) atoms. The van der Waals surface area contributed by atoms with Crippen LogP contribution < -0.4 is 5.32 Å². The van der Waals surface area contributed by atoms with Gasteiger partial charge in [0, 0.05) is 19.1 Å². The van der Waals surface area contributed by atoms with Crippen LogP contribution >= 0.6 is 15.9 Å². The Morgan fingerprint density at radius 1 is 1.50 bits per heavy atom. The van der Waals surface area contributed by atoms with Gasteiger partial charge in [-0.2, -0.15) is 0 Å². The van der Waals surface area contributed by atoms with Crippen molar-refractivity contribution in [3.8, 4) is 12.3 Å². The molecule has 1 fully saturated rings. The highest BCUT2D eigenvalue weighted by molar-refractivity contribution is 9.10. The molecule has 0 radical (unpaired) electrons. The van der Waals surface area contributed by atoms with Gasteiger partial charge in [0.05, 0.1) is 17.9 Å². The number of pyridine rings is 1. The number of anilines is 1. The maximum absolute atomic E-state index is 5.33. The van der Waals surface area contributed by atoms with Crippen molar-refractivity contribution in [2.75, 3.05) is 25.0 Å². The summed E-state index contributed by atoms with van der Waals surface area (Å²) in [6.45, 7) is 4.95. The van der Waals surface area contributed by atoms with Crippen LogP contribution in [-0.2, 0) is 0 Å². The van der Waals surface area contributed by atoms with E-state index < -0.39 is 0 Å². The molecule has 0 aliphatic carbocycles. The largest absolute Gasteiger partial charge is 0.381 e. The first kappa shape index (κ1) is 13.4. The van der Waals surface area contributed by atoms with E-state index in [1.165, 1.54) is 0 Å². The second kappa shape index (κ2) is 6.21. The van der Waals surface area contributed by atoms with Crippen LogP contribution in [0.2, 0.25) is 0 Å². The lowest BCUT2D eigenvalue weighted by Gasteiger charge is -2.31. The Morgan fingerprint density at radius 2 is 2.22 bits per heavy atom. The normalized spacial score (nSPS) is 17.4. The number of aromatic nitrogens is 1. The third-order valence-corrected chi connectivity index (χ3v) is 3.76. The van der Waals surface area contributed by atoms with Crippen molar-refractivity contribution in [3.63, 3.8) is 0 Å². The molecule has 0 saturated carbocycles. The molecule has 1 aromatic heterocycles. The lowest BCUT2D eigenvalue weighted by Crippen LogP contribution is -2.39. The SMILES string of the molecule is C#CCN1CCC(Nc2ccc(Br)nc2C)CC1. The first-order chi connectivity index (χ1) is 8.69. The molecule has 2 heterocycles. The van der Waals surface area contributed by atoms with E-state index in [-0.39, 0.29) is 0 Å². The Bertz CT molecular complexity index is 445.